The van der Waals surface area contributed by atoms with Gasteiger partial charge >= 0.3 is 0 Å². The predicted molar refractivity (Wildman–Crippen MR) is 54.2 cm³/mol. The summed E-state index contributed by atoms with van der Waals surface area (Å²) in [5.41, 5.74) is 0. The highest BCUT2D eigenvalue weighted by molar-refractivity contribution is 5.84. The minimum Gasteiger partial charge on any atom is -0.381 e. The summed E-state index contributed by atoms with van der Waals surface area (Å²) >= 11 is 0. The van der Waals surface area contributed by atoms with E-state index in [0.29, 0.717) is 24.3 Å². The third kappa shape index (κ3) is 2.55. The van der Waals surface area contributed by atoms with E-state index >= 15 is 0 Å². The highest BCUT2D eigenvalue weighted by Crippen LogP contribution is 2.30. The van der Waals surface area contributed by atoms with Gasteiger partial charge in [-0.2, -0.15) is 0 Å². The van der Waals surface area contributed by atoms with Gasteiger partial charge in [0.15, 0.2) is 0 Å². The lowest BCUT2D eigenvalue weighted by atomic mass is 10.1. The molecule has 1 aliphatic heterocycles. The van der Waals surface area contributed by atoms with Crippen LogP contribution < -0.4 is 0 Å². The van der Waals surface area contributed by atoms with Crippen molar-refractivity contribution in [3.63, 3.8) is 0 Å². The Morgan fingerprint density at radius 2 is 1.93 bits per heavy atom. The Morgan fingerprint density at radius 1 is 1.29 bits per heavy atom. The first-order chi connectivity index (χ1) is 6.79. The molecule has 0 aromatic carbocycles. The maximum absolute atomic E-state index is 11.6. The summed E-state index contributed by atoms with van der Waals surface area (Å²) in [5.74, 6) is 0.871. The number of ether oxygens (including phenoxy) is 1. The molecule has 0 radical (unpaired) electrons. The number of ketones is 1. The Bertz CT molecular complexity index is 205. The van der Waals surface area contributed by atoms with Gasteiger partial charge in [-0.05, 0) is 25.7 Å². The second-order valence-corrected chi connectivity index (χ2v) is 4.45. The van der Waals surface area contributed by atoms with Crippen LogP contribution in [0.15, 0.2) is 0 Å². The van der Waals surface area contributed by atoms with Gasteiger partial charge in [0, 0.05) is 26.1 Å². The Morgan fingerprint density at radius 3 is 2.43 bits per heavy atom. The molecule has 3 nitrogen and oxygen atoms in total. The Labute approximate surface area is 85.4 Å². The van der Waals surface area contributed by atoms with Gasteiger partial charge in [-0.15, -0.1) is 0 Å². The number of carbonyl (C=O) groups excluding carboxylic acids is 1. The molecular formula is C11H19NO2. The zero-order valence-corrected chi connectivity index (χ0v) is 8.87. The molecule has 3 heteroatoms. The fourth-order valence-corrected chi connectivity index (χ4v) is 2.06. The number of hydrogen-bond acceptors (Lipinski definition) is 3. The van der Waals surface area contributed by atoms with Crippen LogP contribution in [0.3, 0.4) is 0 Å². The van der Waals surface area contributed by atoms with E-state index in [1.54, 1.807) is 7.11 Å². The molecule has 0 N–H and O–H groups in total. The van der Waals surface area contributed by atoms with Crippen LogP contribution in [0, 0.1) is 5.92 Å². The number of hydrogen-bond donors (Lipinski definition) is 0. The van der Waals surface area contributed by atoms with Gasteiger partial charge in [0.05, 0.1) is 12.6 Å². The third-order valence-electron chi connectivity index (χ3n) is 3.28. The molecule has 1 saturated carbocycles. The maximum atomic E-state index is 11.6. The lowest BCUT2D eigenvalue weighted by Crippen LogP contribution is -2.39. The van der Waals surface area contributed by atoms with Crippen molar-refractivity contribution in [2.75, 3.05) is 26.7 Å². The third-order valence-corrected chi connectivity index (χ3v) is 3.28. The molecule has 0 unspecified atom stereocenters. The van der Waals surface area contributed by atoms with Crippen molar-refractivity contribution < 1.29 is 9.53 Å². The van der Waals surface area contributed by atoms with Crippen LogP contribution in [0.25, 0.3) is 0 Å². The molecular weight excluding hydrogens is 178 g/mol. The lowest BCUT2D eigenvalue weighted by Gasteiger charge is -2.30. The maximum Gasteiger partial charge on any atom is 0.149 e. The van der Waals surface area contributed by atoms with E-state index in [4.69, 9.17) is 4.74 Å². The van der Waals surface area contributed by atoms with E-state index in [0.717, 1.165) is 38.8 Å². The standard InChI is InChI=1S/C11H19NO2/c1-14-10-4-6-12(7-5-10)8-11(13)9-2-3-9/h9-10H,2-8H2,1H3. The summed E-state index contributed by atoms with van der Waals surface area (Å²) in [6.07, 6.45) is 4.84. The predicted octanol–water partition coefficient (Wildman–Crippen LogP) is 1.08. The number of methoxy groups -OCH3 is 1. The van der Waals surface area contributed by atoms with Crippen LogP contribution >= 0.6 is 0 Å². The molecule has 0 atom stereocenters. The van der Waals surface area contributed by atoms with E-state index in [1.165, 1.54) is 0 Å². The molecule has 2 rings (SSSR count). The number of Topliss-reactive ketones (excluding diaryl/α,β-unsaturated/α-hetero) is 1. The summed E-state index contributed by atoms with van der Waals surface area (Å²) in [4.78, 5) is 13.8. The summed E-state index contributed by atoms with van der Waals surface area (Å²) in [7, 11) is 1.77. The number of rotatable bonds is 4. The molecule has 1 aliphatic carbocycles. The molecule has 0 aromatic rings. The fourth-order valence-electron chi connectivity index (χ4n) is 2.06. The number of likely N-dealkylation sites (tertiary alicyclic amines) is 1. The molecule has 1 saturated heterocycles. The Balaban J connectivity index is 1.69. The molecule has 2 aliphatic rings. The van der Waals surface area contributed by atoms with Gasteiger partial charge in [-0.1, -0.05) is 0 Å². The molecule has 0 aromatic heterocycles. The second kappa shape index (κ2) is 4.41. The number of piperidine rings is 1. The van der Waals surface area contributed by atoms with Crippen LogP contribution in [-0.4, -0.2) is 43.5 Å². The van der Waals surface area contributed by atoms with Gasteiger partial charge < -0.3 is 4.74 Å². The normalized spacial score (nSPS) is 25.2. The topological polar surface area (TPSA) is 29.5 Å². The van der Waals surface area contributed by atoms with Crippen molar-refractivity contribution in [2.45, 2.75) is 31.8 Å². The van der Waals surface area contributed by atoms with E-state index in [-0.39, 0.29) is 0 Å². The summed E-state index contributed by atoms with van der Waals surface area (Å²) in [6.45, 7) is 2.73. The summed E-state index contributed by atoms with van der Waals surface area (Å²) in [6, 6.07) is 0. The minimum atomic E-state index is 0.412. The highest BCUT2D eigenvalue weighted by atomic mass is 16.5. The zero-order chi connectivity index (χ0) is 9.97. The minimum absolute atomic E-state index is 0.412. The molecule has 80 valence electrons. The molecule has 2 fully saturated rings. The van der Waals surface area contributed by atoms with Crippen LogP contribution in [0.1, 0.15) is 25.7 Å². The SMILES string of the molecule is COC1CCN(CC(=O)C2CC2)CC1. The van der Waals surface area contributed by atoms with E-state index in [1.807, 2.05) is 0 Å². The van der Waals surface area contributed by atoms with Gasteiger partial charge in [0.2, 0.25) is 0 Å². The monoisotopic (exact) mass is 197 g/mol. The van der Waals surface area contributed by atoms with Crippen LogP contribution in [0.2, 0.25) is 0 Å². The summed E-state index contributed by atoms with van der Waals surface area (Å²) < 4.78 is 5.29. The van der Waals surface area contributed by atoms with E-state index in [9.17, 15) is 4.79 Å². The van der Waals surface area contributed by atoms with Gasteiger partial charge in [0.25, 0.3) is 0 Å². The average Bonchev–Trinajstić information content (AvgIpc) is 3.02. The van der Waals surface area contributed by atoms with Gasteiger partial charge in [-0.25, -0.2) is 0 Å². The Hall–Kier alpha value is -0.410. The van der Waals surface area contributed by atoms with Crippen molar-refractivity contribution in [3.8, 4) is 0 Å². The first-order valence-corrected chi connectivity index (χ1v) is 5.57. The van der Waals surface area contributed by atoms with Gasteiger partial charge in [-0.3, -0.25) is 9.69 Å². The number of nitrogens with zero attached hydrogens (tertiary/aromatic N) is 1. The molecule has 14 heavy (non-hydrogen) atoms. The molecule has 1 heterocycles. The van der Waals surface area contributed by atoms with Crippen molar-refractivity contribution in [2.24, 2.45) is 5.92 Å². The van der Waals surface area contributed by atoms with Crippen LogP contribution in [-0.2, 0) is 9.53 Å². The second-order valence-electron chi connectivity index (χ2n) is 4.45. The van der Waals surface area contributed by atoms with Crippen molar-refractivity contribution in [1.29, 1.82) is 0 Å². The molecule has 0 spiro atoms. The molecule has 0 bridgehead atoms. The van der Waals surface area contributed by atoms with Crippen LogP contribution in [0.4, 0.5) is 0 Å². The highest BCUT2D eigenvalue weighted by Gasteiger charge is 2.31. The van der Waals surface area contributed by atoms with E-state index in [2.05, 4.69) is 4.90 Å². The van der Waals surface area contributed by atoms with Crippen LogP contribution in [0.5, 0.6) is 0 Å². The van der Waals surface area contributed by atoms with Crippen molar-refractivity contribution in [3.05, 3.63) is 0 Å². The smallest absolute Gasteiger partial charge is 0.149 e. The first-order valence-electron chi connectivity index (χ1n) is 5.57. The lowest BCUT2D eigenvalue weighted by molar-refractivity contribution is -0.122. The van der Waals surface area contributed by atoms with Crippen molar-refractivity contribution in [1.82, 2.24) is 4.90 Å². The Kier molecular flexibility index (Phi) is 3.19. The fraction of sp³-hybridized carbons (Fsp3) is 0.909. The van der Waals surface area contributed by atoms with Crippen molar-refractivity contribution >= 4 is 5.78 Å². The summed E-state index contributed by atoms with van der Waals surface area (Å²) in [5, 5.41) is 0. The molecule has 0 amide bonds. The van der Waals surface area contributed by atoms with E-state index < -0.39 is 0 Å². The largest absolute Gasteiger partial charge is 0.381 e. The zero-order valence-electron chi connectivity index (χ0n) is 8.87. The first kappa shape index (κ1) is 10.1. The number of carbonyl (C=O) groups is 1. The quantitative estimate of drug-likeness (QED) is 0.675. The average molecular weight is 197 g/mol. The van der Waals surface area contributed by atoms with Gasteiger partial charge in [0.1, 0.15) is 5.78 Å².